The minimum absolute atomic E-state index is 0.190. The van der Waals surface area contributed by atoms with Crippen molar-refractivity contribution in [2.45, 2.75) is 13.3 Å². The van der Waals surface area contributed by atoms with Crippen molar-refractivity contribution in [1.82, 2.24) is 0 Å². The molecule has 19 heavy (non-hydrogen) atoms. The predicted octanol–water partition coefficient (Wildman–Crippen LogP) is 4.78. The quantitative estimate of drug-likeness (QED) is 0.602. The standard InChI is InChI=1S/C15H12Cl2O2/c1-2-10-6-8-11(9-7-10)15(18)19-14-12(16)4-3-5-13(14)17/h3-9H,2H2,1H3. The molecular weight excluding hydrogens is 283 g/mol. The molecule has 0 saturated carbocycles. The average Bonchev–Trinajstić information content (AvgIpc) is 2.43. The van der Waals surface area contributed by atoms with Crippen LogP contribution in [0.3, 0.4) is 0 Å². The summed E-state index contributed by atoms with van der Waals surface area (Å²) in [6.07, 6.45) is 0.922. The number of halogens is 2. The number of carbonyl (C=O) groups excluding carboxylic acids is 1. The van der Waals surface area contributed by atoms with E-state index in [-0.39, 0.29) is 5.75 Å². The van der Waals surface area contributed by atoms with Crippen LogP contribution in [0.15, 0.2) is 42.5 Å². The van der Waals surface area contributed by atoms with Gasteiger partial charge in [-0.15, -0.1) is 0 Å². The highest BCUT2D eigenvalue weighted by Gasteiger charge is 2.13. The molecule has 0 radical (unpaired) electrons. The van der Waals surface area contributed by atoms with E-state index in [0.29, 0.717) is 15.6 Å². The highest BCUT2D eigenvalue weighted by Crippen LogP contribution is 2.32. The Kier molecular flexibility index (Phi) is 4.46. The van der Waals surface area contributed by atoms with E-state index in [2.05, 4.69) is 6.92 Å². The number of benzene rings is 2. The molecule has 0 atom stereocenters. The monoisotopic (exact) mass is 294 g/mol. The van der Waals surface area contributed by atoms with Crippen molar-refractivity contribution in [1.29, 1.82) is 0 Å². The molecule has 2 aromatic rings. The summed E-state index contributed by atoms with van der Waals surface area (Å²) < 4.78 is 5.23. The third-order valence-corrected chi connectivity index (χ3v) is 3.31. The minimum Gasteiger partial charge on any atom is -0.420 e. The molecule has 0 heterocycles. The zero-order valence-corrected chi connectivity index (χ0v) is 11.8. The van der Waals surface area contributed by atoms with Crippen molar-refractivity contribution in [3.8, 4) is 5.75 Å². The number of aryl methyl sites for hydroxylation is 1. The van der Waals surface area contributed by atoms with Crippen LogP contribution in [0.4, 0.5) is 0 Å². The number of para-hydroxylation sites is 1. The molecule has 0 aliphatic rings. The van der Waals surface area contributed by atoms with Crippen LogP contribution in [0.25, 0.3) is 0 Å². The Balaban J connectivity index is 2.20. The zero-order chi connectivity index (χ0) is 13.8. The number of ether oxygens (including phenoxy) is 1. The Morgan fingerprint density at radius 1 is 1.05 bits per heavy atom. The van der Waals surface area contributed by atoms with Gasteiger partial charge in [-0.1, -0.05) is 48.3 Å². The fourth-order valence-corrected chi connectivity index (χ4v) is 2.08. The molecule has 0 N–H and O–H groups in total. The lowest BCUT2D eigenvalue weighted by molar-refractivity contribution is 0.0735. The van der Waals surface area contributed by atoms with Crippen molar-refractivity contribution >= 4 is 29.2 Å². The van der Waals surface area contributed by atoms with E-state index in [1.165, 1.54) is 0 Å². The van der Waals surface area contributed by atoms with E-state index in [1.54, 1.807) is 30.3 Å². The molecule has 4 heteroatoms. The Labute approximate surface area is 121 Å². The number of hydrogen-bond acceptors (Lipinski definition) is 2. The molecule has 0 bridgehead atoms. The van der Waals surface area contributed by atoms with E-state index in [1.807, 2.05) is 12.1 Å². The molecule has 2 aromatic carbocycles. The molecule has 0 amide bonds. The minimum atomic E-state index is -0.474. The van der Waals surface area contributed by atoms with Crippen LogP contribution >= 0.6 is 23.2 Å². The molecule has 98 valence electrons. The van der Waals surface area contributed by atoms with E-state index < -0.39 is 5.97 Å². The van der Waals surface area contributed by atoms with Gasteiger partial charge in [0.05, 0.1) is 15.6 Å². The number of hydrogen-bond donors (Lipinski definition) is 0. The van der Waals surface area contributed by atoms with Crippen molar-refractivity contribution in [2.24, 2.45) is 0 Å². The van der Waals surface area contributed by atoms with Crippen LogP contribution in [0.2, 0.25) is 10.0 Å². The summed E-state index contributed by atoms with van der Waals surface area (Å²) in [5, 5.41) is 0.622. The van der Waals surface area contributed by atoms with Gasteiger partial charge in [0.1, 0.15) is 0 Å². The summed E-state index contributed by atoms with van der Waals surface area (Å²) in [6.45, 7) is 2.05. The summed E-state index contributed by atoms with van der Waals surface area (Å²) >= 11 is 11.9. The molecular formula is C15H12Cl2O2. The van der Waals surface area contributed by atoms with Crippen LogP contribution in [-0.4, -0.2) is 5.97 Å². The second-order valence-corrected chi connectivity index (χ2v) is 4.81. The first-order chi connectivity index (χ1) is 9.11. The van der Waals surface area contributed by atoms with Gasteiger partial charge in [-0.25, -0.2) is 4.79 Å². The van der Waals surface area contributed by atoms with Crippen LogP contribution in [0.5, 0.6) is 5.75 Å². The van der Waals surface area contributed by atoms with Gasteiger partial charge in [-0.2, -0.15) is 0 Å². The first kappa shape index (κ1) is 13.9. The van der Waals surface area contributed by atoms with Gasteiger partial charge in [-0.05, 0) is 36.2 Å². The number of esters is 1. The molecule has 0 aliphatic carbocycles. The molecule has 0 spiro atoms. The second-order valence-electron chi connectivity index (χ2n) is 3.99. The lowest BCUT2D eigenvalue weighted by Gasteiger charge is -2.08. The predicted molar refractivity (Wildman–Crippen MR) is 77.2 cm³/mol. The summed E-state index contributed by atoms with van der Waals surface area (Å²) in [5.74, 6) is -0.284. The SMILES string of the molecule is CCc1ccc(C(=O)Oc2c(Cl)cccc2Cl)cc1. The van der Waals surface area contributed by atoms with Crippen LogP contribution in [-0.2, 0) is 6.42 Å². The van der Waals surface area contributed by atoms with Crippen molar-refractivity contribution in [3.05, 3.63) is 63.6 Å². The van der Waals surface area contributed by atoms with E-state index in [4.69, 9.17) is 27.9 Å². The largest absolute Gasteiger partial charge is 0.420 e. The molecule has 0 aliphatic heterocycles. The second kappa shape index (κ2) is 6.09. The normalized spacial score (nSPS) is 10.3. The molecule has 0 aromatic heterocycles. The lowest BCUT2D eigenvalue weighted by Crippen LogP contribution is -2.09. The van der Waals surface area contributed by atoms with E-state index >= 15 is 0 Å². The van der Waals surface area contributed by atoms with Crippen molar-refractivity contribution < 1.29 is 9.53 Å². The van der Waals surface area contributed by atoms with Gasteiger partial charge < -0.3 is 4.74 Å². The molecule has 2 nitrogen and oxygen atoms in total. The summed E-state index contributed by atoms with van der Waals surface area (Å²) in [6, 6.07) is 12.2. The van der Waals surface area contributed by atoms with Crippen molar-refractivity contribution in [2.75, 3.05) is 0 Å². The number of carbonyl (C=O) groups is 1. The average molecular weight is 295 g/mol. The molecule has 0 saturated heterocycles. The van der Waals surface area contributed by atoms with E-state index in [9.17, 15) is 4.79 Å². The maximum atomic E-state index is 12.0. The molecule has 0 fully saturated rings. The molecule has 2 rings (SSSR count). The number of rotatable bonds is 3. The smallest absolute Gasteiger partial charge is 0.343 e. The van der Waals surface area contributed by atoms with Crippen LogP contribution in [0, 0.1) is 0 Å². The zero-order valence-electron chi connectivity index (χ0n) is 10.3. The van der Waals surface area contributed by atoms with Crippen LogP contribution < -0.4 is 4.74 Å². The summed E-state index contributed by atoms with van der Waals surface area (Å²) in [7, 11) is 0. The lowest BCUT2D eigenvalue weighted by atomic mass is 10.1. The van der Waals surface area contributed by atoms with Crippen molar-refractivity contribution in [3.63, 3.8) is 0 Å². The summed E-state index contributed by atoms with van der Waals surface area (Å²) in [5.41, 5.74) is 1.63. The van der Waals surface area contributed by atoms with Gasteiger partial charge in [0.15, 0.2) is 5.75 Å². The Morgan fingerprint density at radius 2 is 1.63 bits per heavy atom. The van der Waals surface area contributed by atoms with Gasteiger partial charge in [0, 0.05) is 0 Å². The Hall–Kier alpha value is -1.51. The molecule has 0 unspecified atom stereocenters. The van der Waals surface area contributed by atoms with Gasteiger partial charge in [0.25, 0.3) is 0 Å². The topological polar surface area (TPSA) is 26.3 Å². The fourth-order valence-electron chi connectivity index (χ4n) is 1.61. The first-order valence-corrected chi connectivity index (χ1v) is 6.62. The third-order valence-electron chi connectivity index (χ3n) is 2.71. The highest BCUT2D eigenvalue weighted by atomic mass is 35.5. The Bertz CT molecular complexity index is 571. The van der Waals surface area contributed by atoms with Gasteiger partial charge in [0.2, 0.25) is 0 Å². The Morgan fingerprint density at radius 3 is 2.16 bits per heavy atom. The fraction of sp³-hybridized carbons (Fsp3) is 0.133. The van der Waals surface area contributed by atoms with E-state index in [0.717, 1.165) is 12.0 Å². The van der Waals surface area contributed by atoms with Gasteiger partial charge in [-0.3, -0.25) is 0 Å². The maximum absolute atomic E-state index is 12.0. The third kappa shape index (κ3) is 3.28. The van der Waals surface area contributed by atoms with Gasteiger partial charge >= 0.3 is 5.97 Å². The highest BCUT2D eigenvalue weighted by molar-refractivity contribution is 6.37. The summed E-state index contributed by atoms with van der Waals surface area (Å²) in [4.78, 5) is 12.0. The van der Waals surface area contributed by atoms with Crippen LogP contribution in [0.1, 0.15) is 22.8 Å². The first-order valence-electron chi connectivity index (χ1n) is 5.87. The maximum Gasteiger partial charge on any atom is 0.343 e.